The number of hydrogen-bond acceptors (Lipinski definition) is 5. The third-order valence-corrected chi connectivity index (χ3v) is 2.53. The molecule has 0 unspecified atom stereocenters. The van der Waals surface area contributed by atoms with Gasteiger partial charge in [0.1, 0.15) is 6.26 Å². The number of carbonyl (C=O) groups excluding carboxylic acids is 1. The summed E-state index contributed by atoms with van der Waals surface area (Å²) in [4.78, 5) is 17.4. The molecule has 2 rings (SSSR count). The minimum atomic E-state index is -0.433. The number of aromatic nitrogens is 1. The SMILES string of the molecule is CCOC(=O)c1coc(N(C)CC2CC2)n1. The lowest BCUT2D eigenvalue weighted by Gasteiger charge is -2.12. The minimum absolute atomic E-state index is 0.236. The molecule has 88 valence electrons. The van der Waals surface area contributed by atoms with E-state index in [-0.39, 0.29) is 5.69 Å². The summed E-state index contributed by atoms with van der Waals surface area (Å²) < 4.78 is 10.1. The first-order valence-electron chi connectivity index (χ1n) is 5.54. The van der Waals surface area contributed by atoms with Crippen molar-refractivity contribution in [2.75, 3.05) is 25.1 Å². The summed E-state index contributed by atoms with van der Waals surface area (Å²) >= 11 is 0. The summed E-state index contributed by atoms with van der Waals surface area (Å²) in [6.45, 7) is 3.04. The molecule has 1 saturated carbocycles. The second-order valence-electron chi connectivity index (χ2n) is 4.06. The summed E-state index contributed by atoms with van der Waals surface area (Å²) in [5, 5.41) is 0. The van der Waals surface area contributed by atoms with Crippen LogP contribution in [0.3, 0.4) is 0 Å². The summed E-state index contributed by atoms with van der Waals surface area (Å²) in [6, 6.07) is 0.481. The molecule has 0 radical (unpaired) electrons. The Morgan fingerprint density at radius 2 is 2.44 bits per heavy atom. The van der Waals surface area contributed by atoms with Crippen molar-refractivity contribution in [3.63, 3.8) is 0 Å². The number of ether oxygens (including phenoxy) is 1. The lowest BCUT2D eigenvalue weighted by Crippen LogP contribution is -2.20. The Bertz CT molecular complexity index is 371. The van der Waals surface area contributed by atoms with Crippen LogP contribution in [0.25, 0.3) is 0 Å². The molecular weight excluding hydrogens is 208 g/mol. The molecule has 0 amide bonds. The Morgan fingerprint density at radius 1 is 1.69 bits per heavy atom. The van der Waals surface area contributed by atoms with E-state index in [1.807, 2.05) is 11.9 Å². The fourth-order valence-electron chi connectivity index (χ4n) is 1.50. The topological polar surface area (TPSA) is 55.6 Å². The van der Waals surface area contributed by atoms with Gasteiger partial charge in [-0.15, -0.1) is 0 Å². The van der Waals surface area contributed by atoms with Gasteiger partial charge in [0.15, 0.2) is 5.69 Å². The molecule has 1 aliphatic rings. The van der Waals surface area contributed by atoms with Crippen molar-refractivity contribution in [3.8, 4) is 0 Å². The van der Waals surface area contributed by atoms with Crippen LogP contribution in [0.15, 0.2) is 10.7 Å². The van der Waals surface area contributed by atoms with E-state index in [9.17, 15) is 4.79 Å². The largest absolute Gasteiger partial charge is 0.461 e. The van der Waals surface area contributed by atoms with Crippen LogP contribution in [-0.4, -0.2) is 31.2 Å². The maximum atomic E-state index is 11.4. The third-order valence-electron chi connectivity index (χ3n) is 2.53. The Hall–Kier alpha value is -1.52. The predicted molar refractivity (Wildman–Crippen MR) is 58.5 cm³/mol. The fourth-order valence-corrected chi connectivity index (χ4v) is 1.50. The van der Waals surface area contributed by atoms with Crippen LogP contribution in [-0.2, 0) is 4.74 Å². The number of hydrogen-bond donors (Lipinski definition) is 0. The predicted octanol–water partition coefficient (Wildman–Crippen LogP) is 1.70. The van der Waals surface area contributed by atoms with Crippen molar-refractivity contribution in [1.29, 1.82) is 0 Å². The van der Waals surface area contributed by atoms with Gasteiger partial charge in [-0.05, 0) is 25.7 Å². The zero-order chi connectivity index (χ0) is 11.5. The van der Waals surface area contributed by atoms with Crippen LogP contribution in [0.4, 0.5) is 6.01 Å². The fraction of sp³-hybridized carbons (Fsp3) is 0.636. The van der Waals surface area contributed by atoms with Crippen molar-refractivity contribution in [3.05, 3.63) is 12.0 Å². The van der Waals surface area contributed by atoms with E-state index in [0.29, 0.717) is 12.6 Å². The smallest absolute Gasteiger partial charge is 0.360 e. The van der Waals surface area contributed by atoms with Crippen LogP contribution < -0.4 is 4.90 Å². The molecule has 1 aromatic heterocycles. The molecule has 5 nitrogen and oxygen atoms in total. The molecule has 5 heteroatoms. The Morgan fingerprint density at radius 3 is 3.06 bits per heavy atom. The Labute approximate surface area is 94.4 Å². The molecule has 0 saturated heterocycles. The van der Waals surface area contributed by atoms with Crippen molar-refractivity contribution >= 4 is 12.0 Å². The van der Waals surface area contributed by atoms with E-state index in [1.165, 1.54) is 19.1 Å². The number of carbonyl (C=O) groups is 1. The first kappa shape index (κ1) is 11.0. The highest BCUT2D eigenvalue weighted by Gasteiger charge is 2.25. The summed E-state index contributed by atoms with van der Waals surface area (Å²) in [6.07, 6.45) is 3.89. The van der Waals surface area contributed by atoms with Crippen molar-refractivity contribution < 1.29 is 13.9 Å². The number of rotatable bonds is 5. The standard InChI is InChI=1S/C11H16N2O3/c1-3-15-10(14)9-7-16-11(12-9)13(2)6-8-4-5-8/h7-8H,3-6H2,1-2H3. The lowest BCUT2D eigenvalue weighted by atomic mass is 10.4. The van der Waals surface area contributed by atoms with Crippen LogP contribution in [0.1, 0.15) is 30.3 Å². The van der Waals surface area contributed by atoms with Crippen LogP contribution >= 0.6 is 0 Å². The second-order valence-corrected chi connectivity index (χ2v) is 4.06. The van der Waals surface area contributed by atoms with Gasteiger partial charge in [-0.1, -0.05) is 0 Å². The van der Waals surface area contributed by atoms with Gasteiger partial charge >= 0.3 is 5.97 Å². The molecule has 0 spiro atoms. The monoisotopic (exact) mass is 224 g/mol. The lowest BCUT2D eigenvalue weighted by molar-refractivity contribution is 0.0519. The van der Waals surface area contributed by atoms with E-state index in [1.54, 1.807) is 6.92 Å². The molecule has 1 heterocycles. The molecule has 16 heavy (non-hydrogen) atoms. The van der Waals surface area contributed by atoms with Crippen LogP contribution in [0.2, 0.25) is 0 Å². The number of esters is 1. The van der Waals surface area contributed by atoms with E-state index in [0.717, 1.165) is 12.5 Å². The van der Waals surface area contributed by atoms with E-state index in [2.05, 4.69) is 4.98 Å². The van der Waals surface area contributed by atoms with E-state index in [4.69, 9.17) is 9.15 Å². The summed E-state index contributed by atoms with van der Waals surface area (Å²) in [5.41, 5.74) is 0.236. The van der Waals surface area contributed by atoms with Gasteiger partial charge in [0.2, 0.25) is 0 Å². The molecule has 0 atom stereocenters. The van der Waals surface area contributed by atoms with Gasteiger partial charge in [0.25, 0.3) is 6.01 Å². The first-order chi connectivity index (χ1) is 7.70. The highest BCUT2D eigenvalue weighted by molar-refractivity contribution is 5.87. The van der Waals surface area contributed by atoms with E-state index < -0.39 is 5.97 Å². The molecular formula is C11H16N2O3. The quantitative estimate of drug-likeness (QED) is 0.712. The van der Waals surface area contributed by atoms with Gasteiger partial charge in [-0.2, -0.15) is 4.98 Å². The molecule has 0 aromatic carbocycles. The van der Waals surface area contributed by atoms with Crippen LogP contribution in [0, 0.1) is 5.92 Å². The number of oxazole rings is 1. The zero-order valence-corrected chi connectivity index (χ0v) is 9.60. The normalized spacial score (nSPS) is 14.9. The molecule has 1 fully saturated rings. The van der Waals surface area contributed by atoms with Gasteiger partial charge in [0, 0.05) is 13.6 Å². The summed E-state index contributed by atoms with van der Waals surface area (Å²) in [5.74, 6) is 0.320. The van der Waals surface area contributed by atoms with Crippen molar-refractivity contribution in [2.24, 2.45) is 5.92 Å². The average molecular weight is 224 g/mol. The molecule has 1 aliphatic carbocycles. The second kappa shape index (κ2) is 4.55. The first-order valence-corrected chi connectivity index (χ1v) is 5.54. The average Bonchev–Trinajstić information content (AvgIpc) is 2.93. The highest BCUT2D eigenvalue weighted by atomic mass is 16.5. The zero-order valence-electron chi connectivity index (χ0n) is 9.60. The van der Waals surface area contributed by atoms with Gasteiger partial charge in [-0.3, -0.25) is 0 Å². The summed E-state index contributed by atoms with van der Waals surface area (Å²) in [7, 11) is 1.92. The van der Waals surface area contributed by atoms with E-state index >= 15 is 0 Å². The Kier molecular flexibility index (Phi) is 3.12. The van der Waals surface area contributed by atoms with Gasteiger partial charge in [-0.25, -0.2) is 4.79 Å². The molecule has 0 aliphatic heterocycles. The highest BCUT2D eigenvalue weighted by Crippen LogP contribution is 2.30. The third kappa shape index (κ3) is 2.53. The maximum Gasteiger partial charge on any atom is 0.360 e. The minimum Gasteiger partial charge on any atom is -0.461 e. The van der Waals surface area contributed by atoms with Crippen molar-refractivity contribution in [1.82, 2.24) is 4.98 Å². The maximum absolute atomic E-state index is 11.4. The van der Waals surface area contributed by atoms with Gasteiger partial charge < -0.3 is 14.1 Å². The molecule has 0 N–H and O–H groups in total. The van der Waals surface area contributed by atoms with Gasteiger partial charge in [0.05, 0.1) is 6.61 Å². The Balaban J connectivity index is 1.97. The van der Waals surface area contributed by atoms with Crippen LogP contribution in [0.5, 0.6) is 0 Å². The number of anilines is 1. The van der Waals surface area contributed by atoms with Crippen molar-refractivity contribution in [2.45, 2.75) is 19.8 Å². The molecule has 0 bridgehead atoms. The molecule has 1 aromatic rings. The number of nitrogens with zero attached hydrogens (tertiary/aromatic N) is 2.